The predicted octanol–water partition coefficient (Wildman–Crippen LogP) is 3.07. The summed E-state index contributed by atoms with van der Waals surface area (Å²) in [6.07, 6.45) is -0.389. The summed E-state index contributed by atoms with van der Waals surface area (Å²) in [5.41, 5.74) is -0.518. The molecule has 2 aromatic rings. The van der Waals surface area contributed by atoms with E-state index in [1.54, 1.807) is 20.0 Å². The first kappa shape index (κ1) is 20.0. The second-order valence-corrected chi connectivity index (χ2v) is 5.80. The molecule has 0 atom stereocenters. The molecule has 0 spiro atoms. The van der Waals surface area contributed by atoms with Crippen molar-refractivity contribution in [2.45, 2.75) is 20.0 Å². The summed E-state index contributed by atoms with van der Waals surface area (Å²) in [5, 5.41) is 14.7. The Labute approximate surface area is 153 Å². The molecule has 142 valence electrons. The van der Waals surface area contributed by atoms with E-state index in [1.165, 1.54) is 30.4 Å². The maximum absolute atomic E-state index is 13.0. The molecular formula is C17H16F3N5O2. The lowest BCUT2D eigenvalue weighted by Crippen LogP contribution is -2.22. The van der Waals surface area contributed by atoms with E-state index in [9.17, 15) is 18.0 Å². The Bertz CT molecular complexity index is 910. The van der Waals surface area contributed by atoms with Crippen LogP contribution in [0.5, 0.6) is 5.75 Å². The minimum absolute atomic E-state index is 0.0167. The largest absolute Gasteiger partial charge is 0.497 e. The molecule has 10 heteroatoms. The Balaban J connectivity index is 2.44. The summed E-state index contributed by atoms with van der Waals surface area (Å²) in [6, 6.07) is 3.17. The van der Waals surface area contributed by atoms with Crippen LogP contribution in [0.3, 0.4) is 0 Å². The van der Waals surface area contributed by atoms with Crippen LogP contribution in [0, 0.1) is 17.4 Å². The van der Waals surface area contributed by atoms with Gasteiger partial charge in [-0.1, -0.05) is 13.8 Å². The molecule has 0 aliphatic carbocycles. The van der Waals surface area contributed by atoms with Gasteiger partial charge in [-0.15, -0.1) is 5.10 Å². The predicted molar refractivity (Wildman–Crippen MR) is 89.9 cm³/mol. The number of alkyl halides is 3. The summed E-state index contributed by atoms with van der Waals surface area (Å²) in [6.45, 7) is 3.50. The molecule has 0 fully saturated rings. The van der Waals surface area contributed by atoms with Crippen molar-refractivity contribution in [1.29, 1.82) is 5.26 Å². The topological polar surface area (TPSA) is 92.8 Å². The second-order valence-electron chi connectivity index (χ2n) is 5.80. The first-order valence-electron chi connectivity index (χ1n) is 7.74. The van der Waals surface area contributed by atoms with Crippen molar-refractivity contribution in [3.8, 4) is 23.3 Å². The number of nitrogens with one attached hydrogen (secondary N) is 1. The van der Waals surface area contributed by atoms with Gasteiger partial charge >= 0.3 is 6.18 Å². The minimum atomic E-state index is -4.55. The van der Waals surface area contributed by atoms with Gasteiger partial charge in [-0.3, -0.25) is 10.1 Å². The van der Waals surface area contributed by atoms with Gasteiger partial charge < -0.3 is 4.74 Å². The Morgan fingerprint density at radius 3 is 2.63 bits per heavy atom. The van der Waals surface area contributed by atoms with Crippen molar-refractivity contribution in [2.24, 2.45) is 5.92 Å². The lowest BCUT2D eigenvalue weighted by atomic mass is 10.0. The van der Waals surface area contributed by atoms with Crippen LogP contribution in [0.4, 0.5) is 13.2 Å². The molecule has 0 saturated heterocycles. The lowest BCUT2D eigenvalue weighted by Gasteiger charge is -2.10. The number of carbonyl (C=O) groups is 1. The molecular weight excluding hydrogens is 363 g/mol. The molecule has 1 aromatic heterocycles. The molecule has 0 aliphatic rings. The van der Waals surface area contributed by atoms with Crippen molar-refractivity contribution < 1.29 is 22.7 Å². The number of nitrogens with zero attached hydrogens (tertiary/aromatic N) is 4. The summed E-state index contributed by atoms with van der Waals surface area (Å²) < 4.78 is 45.3. The highest BCUT2D eigenvalue weighted by atomic mass is 19.4. The average Bonchev–Trinajstić information content (AvgIpc) is 3.07. The molecule has 1 heterocycles. The van der Waals surface area contributed by atoms with Gasteiger partial charge in [0.15, 0.2) is 12.0 Å². The Morgan fingerprint density at radius 2 is 2.07 bits per heavy atom. The number of aromatic nitrogens is 3. The van der Waals surface area contributed by atoms with Crippen LogP contribution < -0.4 is 10.1 Å². The number of amides is 1. The molecule has 27 heavy (non-hydrogen) atoms. The standard InChI is InChI=1S/C17H16F3N5O2/c1-10(2)14(16(26)22-8-21)7-25-9-23-15(24-25)11-4-12(17(18,19)20)6-13(5-11)27-3/h4-7,9-10H,1-3H3,(H,22,26). The zero-order valence-electron chi connectivity index (χ0n) is 14.7. The van der Waals surface area contributed by atoms with Crippen molar-refractivity contribution in [3.63, 3.8) is 0 Å². The van der Waals surface area contributed by atoms with E-state index < -0.39 is 17.6 Å². The van der Waals surface area contributed by atoms with Crippen LogP contribution in [0.2, 0.25) is 0 Å². The number of benzene rings is 1. The summed E-state index contributed by atoms with van der Waals surface area (Å²) >= 11 is 0. The van der Waals surface area contributed by atoms with Gasteiger partial charge in [0.25, 0.3) is 5.91 Å². The van der Waals surface area contributed by atoms with E-state index in [0.29, 0.717) is 0 Å². The molecule has 1 N–H and O–H groups in total. The normalized spacial score (nSPS) is 12.0. The maximum Gasteiger partial charge on any atom is 0.416 e. The first-order chi connectivity index (χ1) is 12.7. The minimum Gasteiger partial charge on any atom is -0.497 e. The lowest BCUT2D eigenvalue weighted by molar-refractivity contribution is -0.137. The van der Waals surface area contributed by atoms with E-state index in [1.807, 2.05) is 5.32 Å². The van der Waals surface area contributed by atoms with Crippen molar-refractivity contribution in [2.75, 3.05) is 7.11 Å². The monoisotopic (exact) mass is 379 g/mol. The van der Waals surface area contributed by atoms with Gasteiger partial charge in [0.05, 0.1) is 12.7 Å². The quantitative estimate of drug-likeness (QED) is 0.490. The maximum atomic E-state index is 13.0. The first-order valence-corrected chi connectivity index (χ1v) is 7.74. The number of carbonyl (C=O) groups excluding carboxylic acids is 1. The second kappa shape index (κ2) is 7.90. The van der Waals surface area contributed by atoms with Gasteiger partial charge in [0, 0.05) is 17.3 Å². The highest BCUT2D eigenvalue weighted by Gasteiger charge is 2.31. The van der Waals surface area contributed by atoms with Crippen LogP contribution in [-0.4, -0.2) is 27.8 Å². The van der Waals surface area contributed by atoms with E-state index in [0.717, 1.165) is 12.1 Å². The number of methoxy groups -OCH3 is 1. The summed E-state index contributed by atoms with van der Waals surface area (Å²) in [4.78, 5) is 15.9. The van der Waals surface area contributed by atoms with Crippen molar-refractivity contribution in [3.05, 3.63) is 35.7 Å². The number of nitriles is 1. The van der Waals surface area contributed by atoms with Gasteiger partial charge in [0.1, 0.15) is 12.1 Å². The fraction of sp³-hybridized carbons (Fsp3) is 0.294. The van der Waals surface area contributed by atoms with Gasteiger partial charge in [-0.05, 0) is 24.1 Å². The van der Waals surface area contributed by atoms with Crippen LogP contribution in [-0.2, 0) is 11.0 Å². The third kappa shape index (κ3) is 4.84. The molecule has 0 unspecified atom stereocenters. The van der Waals surface area contributed by atoms with E-state index in [2.05, 4.69) is 10.1 Å². The molecule has 0 saturated carbocycles. The highest BCUT2D eigenvalue weighted by Crippen LogP contribution is 2.34. The van der Waals surface area contributed by atoms with Crippen LogP contribution in [0.1, 0.15) is 19.4 Å². The van der Waals surface area contributed by atoms with E-state index in [-0.39, 0.29) is 28.6 Å². The number of ether oxygens (including phenoxy) is 1. The fourth-order valence-corrected chi connectivity index (χ4v) is 2.21. The molecule has 0 radical (unpaired) electrons. The van der Waals surface area contributed by atoms with E-state index in [4.69, 9.17) is 10.00 Å². The molecule has 0 aliphatic heterocycles. The molecule has 2 rings (SSSR count). The third-order valence-corrected chi connectivity index (χ3v) is 3.56. The number of hydrogen-bond donors (Lipinski definition) is 1. The fourth-order valence-electron chi connectivity index (χ4n) is 2.21. The summed E-state index contributed by atoms with van der Waals surface area (Å²) in [7, 11) is 1.26. The Hall–Kier alpha value is -3.35. The number of hydrogen-bond acceptors (Lipinski definition) is 5. The van der Waals surface area contributed by atoms with Crippen LogP contribution in [0.25, 0.3) is 17.6 Å². The molecule has 7 nitrogen and oxygen atoms in total. The Kier molecular flexibility index (Phi) is 5.85. The zero-order valence-corrected chi connectivity index (χ0v) is 14.7. The highest BCUT2D eigenvalue weighted by molar-refractivity contribution is 5.97. The molecule has 1 amide bonds. The third-order valence-electron chi connectivity index (χ3n) is 3.56. The molecule has 1 aromatic carbocycles. The smallest absolute Gasteiger partial charge is 0.416 e. The van der Waals surface area contributed by atoms with Gasteiger partial charge in [0.2, 0.25) is 0 Å². The SMILES string of the molecule is COc1cc(-c2ncn(C=C(C(=O)NC#N)C(C)C)n2)cc(C(F)(F)F)c1. The van der Waals surface area contributed by atoms with Gasteiger partial charge in [-0.2, -0.15) is 18.4 Å². The van der Waals surface area contributed by atoms with Crippen molar-refractivity contribution in [1.82, 2.24) is 20.1 Å². The van der Waals surface area contributed by atoms with Crippen LogP contribution in [0.15, 0.2) is 30.1 Å². The van der Waals surface area contributed by atoms with Gasteiger partial charge in [-0.25, -0.2) is 9.67 Å². The Morgan fingerprint density at radius 1 is 1.37 bits per heavy atom. The van der Waals surface area contributed by atoms with Crippen molar-refractivity contribution >= 4 is 12.1 Å². The van der Waals surface area contributed by atoms with E-state index >= 15 is 0 Å². The zero-order chi connectivity index (χ0) is 20.2. The molecule has 0 bridgehead atoms. The van der Waals surface area contributed by atoms with Crippen LogP contribution >= 0.6 is 0 Å². The number of rotatable bonds is 5. The summed E-state index contributed by atoms with van der Waals surface area (Å²) in [5.74, 6) is -0.771. The average molecular weight is 379 g/mol. The number of halogens is 3.